The molecule has 682 valence electrons. The molecule has 20 aromatic rings. The van der Waals surface area contributed by atoms with Gasteiger partial charge in [0.1, 0.15) is 23.0 Å². The third-order valence-corrected chi connectivity index (χ3v) is 30.8. The molecule has 0 N–H and O–H groups in total. The molecule has 0 saturated heterocycles. The van der Waals surface area contributed by atoms with Crippen LogP contribution in [0.5, 0.6) is 23.0 Å². The lowest BCUT2D eigenvalue weighted by Crippen LogP contribution is -2.29. The molecule has 4 heteroatoms. The summed E-state index contributed by atoms with van der Waals surface area (Å²) in [5.74, 6) is 4.32. The maximum atomic E-state index is 6.56. The van der Waals surface area contributed by atoms with E-state index >= 15 is 0 Å². The topological polar surface area (TPSA) is 24.9 Å². The molecule has 4 aliphatic carbocycles. The standard InChI is InChI=1S/C70H59NO.C67H53NO/c1-6-48(2)49-30-40-58(41-31-49)72-59-42-36-54(37-43-59)70(53-34-32-50(33-35-53)68(3,4)5)65-29-19-17-27-61(65)63-45-39-57(47-67(63)70)71(55-24-14-9-15-25-55)56-38-44-62-60-26-16-18-28-64(60)69(66(62)46-56,51-20-10-7-11-21-51)52-22-12-8-13-23-52;1-4-47(3)48-30-38-56(39-31-48)69-57-40-34-52(35-41-57)67(51-32-28-46(2)29-33-51)63-27-17-15-25-59(63)61-43-37-55(45-65(61)67)68(53-22-12-7-13-23-53)54-36-42-60-58-24-14-16-26-62(58)66(64(60)44-54,49-18-8-5-9-19-49)50-20-10-6-11-21-50/h7-48H,6H2,1-5H3;5-45,47H,4H2,1-3H3. The molecule has 0 bridgehead atoms. The van der Waals surface area contributed by atoms with Crippen LogP contribution in [-0.2, 0) is 27.1 Å². The zero-order chi connectivity index (χ0) is 95.6. The van der Waals surface area contributed by atoms with Crippen molar-refractivity contribution in [1.82, 2.24) is 0 Å². The smallest absolute Gasteiger partial charge is 0.127 e. The minimum atomic E-state index is -0.646. The molecule has 0 spiro atoms. The molecule has 0 amide bonds. The van der Waals surface area contributed by atoms with E-state index < -0.39 is 21.7 Å². The van der Waals surface area contributed by atoms with Gasteiger partial charge in [0, 0.05) is 34.1 Å². The van der Waals surface area contributed by atoms with Gasteiger partial charge >= 0.3 is 0 Å². The average molecular weight is 1820 g/mol. The third kappa shape index (κ3) is 15.0. The van der Waals surface area contributed by atoms with Gasteiger partial charge in [-0.15, -0.1) is 0 Å². The fourth-order valence-corrected chi connectivity index (χ4v) is 23.6. The Balaban J connectivity index is 0.000000157. The first-order valence-electron chi connectivity index (χ1n) is 50.0. The molecule has 20 aromatic carbocycles. The van der Waals surface area contributed by atoms with E-state index in [2.05, 4.69) is 563 Å². The summed E-state index contributed by atoms with van der Waals surface area (Å²) in [7, 11) is 0. The first-order valence-corrected chi connectivity index (χ1v) is 50.0. The molecule has 4 atom stereocenters. The third-order valence-electron chi connectivity index (χ3n) is 30.8. The number of para-hydroxylation sites is 2. The van der Waals surface area contributed by atoms with Crippen LogP contribution in [0.15, 0.2) is 497 Å². The van der Waals surface area contributed by atoms with Gasteiger partial charge in [0.05, 0.1) is 21.7 Å². The van der Waals surface area contributed by atoms with Crippen molar-refractivity contribution in [2.24, 2.45) is 0 Å². The summed E-state index contributed by atoms with van der Waals surface area (Å²) >= 11 is 0. The van der Waals surface area contributed by atoms with E-state index in [0.717, 1.165) is 70.0 Å². The monoisotopic (exact) mass is 1820 g/mol. The maximum Gasteiger partial charge on any atom is 0.127 e. The van der Waals surface area contributed by atoms with E-state index in [0.29, 0.717) is 11.8 Å². The number of benzene rings is 20. The van der Waals surface area contributed by atoms with E-state index in [1.807, 2.05) is 0 Å². The molecule has 4 nitrogen and oxygen atoms in total. The van der Waals surface area contributed by atoms with E-state index in [1.54, 1.807) is 0 Å². The Labute approximate surface area is 830 Å². The fraction of sp³-hybridized carbons (Fsp3) is 0.124. The Morgan fingerprint density at radius 3 is 0.681 bits per heavy atom. The minimum Gasteiger partial charge on any atom is -0.457 e. The van der Waals surface area contributed by atoms with Crippen LogP contribution in [0.1, 0.15) is 184 Å². The highest BCUT2D eigenvalue weighted by molar-refractivity contribution is 5.96. The number of ether oxygens (including phenoxy) is 2. The highest BCUT2D eigenvalue weighted by Gasteiger charge is 2.52. The first-order chi connectivity index (χ1) is 69.2. The first kappa shape index (κ1) is 88.6. The van der Waals surface area contributed by atoms with Crippen molar-refractivity contribution in [2.45, 2.75) is 107 Å². The van der Waals surface area contributed by atoms with Crippen molar-refractivity contribution in [3.05, 3.63) is 609 Å². The average Bonchev–Trinajstić information content (AvgIpc) is 1.56. The quantitative estimate of drug-likeness (QED) is 0.0675. The van der Waals surface area contributed by atoms with Crippen LogP contribution >= 0.6 is 0 Å². The van der Waals surface area contributed by atoms with Crippen LogP contribution in [0, 0.1) is 6.92 Å². The van der Waals surface area contributed by atoms with Crippen molar-refractivity contribution < 1.29 is 9.47 Å². The van der Waals surface area contributed by atoms with Crippen molar-refractivity contribution in [1.29, 1.82) is 0 Å². The molecule has 0 fully saturated rings. The SMILES string of the molecule is CCC(C)c1ccc(Oc2ccc(C3(c4ccc(C(C)(C)C)cc4)c4ccccc4-c4ccc(N(c5ccccc5)c5ccc6c(c5)C(c5ccccc5)(c5ccccc5)c5ccccc5-6)cc43)cc2)cc1.CCC(C)c1ccc(Oc2ccc(C3(c4ccc(C)cc4)c4ccccc4-c4ccc(N(c5ccccc5)c5ccc6c(c5)C(c5ccccc5)(c5ccccc5)c5ccccc5-6)cc43)cc2)cc1. The number of hydrogen-bond acceptors (Lipinski definition) is 4. The normalized spacial score (nSPS) is 15.4. The Bertz CT molecular complexity index is 7880. The zero-order valence-corrected chi connectivity index (χ0v) is 81.1. The number of nitrogens with zero attached hydrogens (tertiary/aromatic N) is 2. The Morgan fingerprint density at radius 2 is 0.426 bits per heavy atom. The molecule has 4 aliphatic rings. The second kappa shape index (κ2) is 36.5. The number of fused-ring (bicyclic) bond motifs is 12. The summed E-state index contributed by atoms with van der Waals surface area (Å²) in [6.07, 6.45) is 2.21. The van der Waals surface area contributed by atoms with Crippen molar-refractivity contribution in [2.75, 3.05) is 9.80 Å². The van der Waals surface area contributed by atoms with Gasteiger partial charge in [0.2, 0.25) is 0 Å². The largest absolute Gasteiger partial charge is 0.457 e. The van der Waals surface area contributed by atoms with Crippen molar-refractivity contribution >= 4 is 34.1 Å². The summed E-state index contributed by atoms with van der Waals surface area (Å²) in [4.78, 5) is 4.92. The second-order valence-electron chi connectivity index (χ2n) is 39.6. The molecular weight excluding hydrogens is 1710 g/mol. The van der Waals surface area contributed by atoms with Gasteiger partial charge in [-0.2, -0.15) is 0 Å². The van der Waals surface area contributed by atoms with Crippen LogP contribution in [-0.4, -0.2) is 0 Å². The lowest BCUT2D eigenvalue weighted by Gasteiger charge is -2.36. The number of aryl methyl sites for hydroxylation is 1. The molecule has 0 heterocycles. The van der Waals surface area contributed by atoms with E-state index in [4.69, 9.17) is 9.47 Å². The minimum absolute atomic E-state index is 0.00213. The van der Waals surface area contributed by atoms with Gasteiger partial charge in [-0.3, -0.25) is 0 Å². The van der Waals surface area contributed by atoms with E-state index in [1.165, 1.54) is 156 Å². The Morgan fingerprint density at radius 1 is 0.213 bits per heavy atom. The highest BCUT2D eigenvalue weighted by atomic mass is 16.5. The molecule has 0 aromatic heterocycles. The van der Waals surface area contributed by atoms with Crippen LogP contribution < -0.4 is 19.3 Å². The maximum absolute atomic E-state index is 6.56. The van der Waals surface area contributed by atoms with Gasteiger partial charge < -0.3 is 19.3 Å². The number of hydrogen-bond donors (Lipinski definition) is 0. The summed E-state index contributed by atoms with van der Waals surface area (Å²) in [5.41, 5.74) is 39.5. The molecule has 24 rings (SSSR count). The second-order valence-corrected chi connectivity index (χ2v) is 39.6. The summed E-state index contributed by atoms with van der Waals surface area (Å²) in [6, 6.07) is 184. The highest BCUT2D eigenvalue weighted by Crippen LogP contribution is 2.64. The van der Waals surface area contributed by atoms with Crippen LogP contribution in [0.4, 0.5) is 34.1 Å². The molecular formula is C137H112N2O2. The van der Waals surface area contributed by atoms with Gasteiger partial charge in [0.15, 0.2) is 0 Å². The van der Waals surface area contributed by atoms with Crippen LogP contribution in [0.25, 0.3) is 44.5 Å². The van der Waals surface area contributed by atoms with Gasteiger partial charge in [-0.25, -0.2) is 0 Å². The van der Waals surface area contributed by atoms with Gasteiger partial charge in [-0.05, 0) is 309 Å². The summed E-state index contributed by atoms with van der Waals surface area (Å²) in [5, 5.41) is 0. The molecule has 4 unspecified atom stereocenters. The van der Waals surface area contributed by atoms with Crippen LogP contribution in [0.2, 0.25) is 0 Å². The Hall–Kier alpha value is -16.4. The molecule has 0 radical (unpaired) electrons. The Kier molecular flexibility index (Phi) is 22.9. The lowest BCUT2D eigenvalue weighted by molar-refractivity contribution is 0.481. The van der Waals surface area contributed by atoms with Gasteiger partial charge in [0.25, 0.3) is 0 Å². The van der Waals surface area contributed by atoms with Gasteiger partial charge in [-0.1, -0.05) is 430 Å². The van der Waals surface area contributed by atoms with E-state index in [9.17, 15) is 0 Å². The number of rotatable bonds is 22. The molecule has 0 saturated carbocycles. The van der Waals surface area contributed by atoms with Crippen molar-refractivity contribution in [3.8, 4) is 67.5 Å². The molecule has 0 aliphatic heterocycles. The summed E-state index contributed by atoms with van der Waals surface area (Å²) < 4.78 is 13.1. The fourth-order valence-electron chi connectivity index (χ4n) is 23.6. The van der Waals surface area contributed by atoms with E-state index in [-0.39, 0.29) is 5.41 Å². The predicted molar refractivity (Wildman–Crippen MR) is 585 cm³/mol. The van der Waals surface area contributed by atoms with Crippen LogP contribution in [0.3, 0.4) is 0 Å². The van der Waals surface area contributed by atoms with Crippen molar-refractivity contribution in [3.63, 3.8) is 0 Å². The molecule has 141 heavy (non-hydrogen) atoms. The lowest BCUT2D eigenvalue weighted by atomic mass is 9.67. The predicted octanol–water partition coefficient (Wildman–Crippen LogP) is 36.0. The number of anilines is 6. The zero-order valence-electron chi connectivity index (χ0n) is 81.1. The summed E-state index contributed by atoms with van der Waals surface area (Å²) in [6.45, 7) is 18.1.